The molecule has 0 atom stereocenters. The van der Waals surface area contributed by atoms with Gasteiger partial charge in [0.25, 0.3) is 0 Å². The molecule has 0 aromatic carbocycles. The summed E-state index contributed by atoms with van der Waals surface area (Å²) in [7, 11) is 2.13. The number of rotatable bonds is 3. The molecule has 0 saturated carbocycles. The topological polar surface area (TPSA) is 25.4 Å². The van der Waals surface area contributed by atoms with Crippen molar-refractivity contribution in [3.63, 3.8) is 0 Å². The first-order valence-corrected chi connectivity index (χ1v) is 6.39. The van der Waals surface area contributed by atoms with Gasteiger partial charge in [0.2, 0.25) is 5.88 Å². The van der Waals surface area contributed by atoms with Crippen molar-refractivity contribution in [3.05, 3.63) is 23.9 Å². The molecule has 0 amide bonds. The Kier molecular flexibility index (Phi) is 5.98. The van der Waals surface area contributed by atoms with Gasteiger partial charge in [-0.2, -0.15) is 0 Å². The van der Waals surface area contributed by atoms with Crippen LogP contribution in [-0.2, 0) is 0 Å². The SMILES string of the molecule is CCC.Cc1ccc(OCC2CN(C)C2)nc1. The molecule has 1 aliphatic rings. The highest BCUT2D eigenvalue weighted by molar-refractivity contribution is 5.16. The van der Waals surface area contributed by atoms with Gasteiger partial charge in [-0.25, -0.2) is 4.98 Å². The van der Waals surface area contributed by atoms with Crippen molar-refractivity contribution in [1.82, 2.24) is 9.88 Å². The van der Waals surface area contributed by atoms with Crippen molar-refractivity contribution in [1.29, 1.82) is 0 Å². The highest BCUT2D eigenvalue weighted by Crippen LogP contribution is 2.14. The number of pyridine rings is 1. The van der Waals surface area contributed by atoms with E-state index >= 15 is 0 Å². The zero-order valence-corrected chi connectivity index (χ0v) is 11.4. The van der Waals surface area contributed by atoms with Crippen LogP contribution in [0.3, 0.4) is 0 Å². The summed E-state index contributed by atoms with van der Waals surface area (Å²) in [5.41, 5.74) is 1.17. The molecule has 0 radical (unpaired) electrons. The summed E-state index contributed by atoms with van der Waals surface area (Å²) in [6.07, 6.45) is 3.09. The van der Waals surface area contributed by atoms with Crippen molar-refractivity contribution >= 4 is 0 Å². The van der Waals surface area contributed by atoms with Crippen LogP contribution >= 0.6 is 0 Å². The molecule has 96 valence electrons. The minimum atomic E-state index is 0.683. The van der Waals surface area contributed by atoms with Crippen molar-refractivity contribution in [2.45, 2.75) is 27.2 Å². The van der Waals surface area contributed by atoms with E-state index in [2.05, 4.69) is 30.8 Å². The molecule has 17 heavy (non-hydrogen) atoms. The van der Waals surface area contributed by atoms with Crippen LogP contribution in [0, 0.1) is 12.8 Å². The number of aromatic nitrogens is 1. The zero-order chi connectivity index (χ0) is 12.7. The average molecular weight is 236 g/mol. The molecule has 0 bridgehead atoms. The van der Waals surface area contributed by atoms with Crippen LogP contribution in [0.4, 0.5) is 0 Å². The molecule has 1 aliphatic heterocycles. The maximum absolute atomic E-state index is 5.58. The molecule has 0 unspecified atom stereocenters. The molecule has 3 heteroatoms. The fourth-order valence-electron chi connectivity index (χ4n) is 1.68. The lowest BCUT2D eigenvalue weighted by Crippen LogP contribution is -2.46. The first kappa shape index (κ1) is 14.0. The van der Waals surface area contributed by atoms with Gasteiger partial charge in [-0.1, -0.05) is 26.3 Å². The Labute approximate surface area is 105 Å². The van der Waals surface area contributed by atoms with E-state index < -0.39 is 0 Å². The summed E-state index contributed by atoms with van der Waals surface area (Å²) in [6.45, 7) is 9.36. The summed E-state index contributed by atoms with van der Waals surface area (Å²) in [5, 5.41) is 0. The van der Waals surface area contributed by atoms with Crippen LogP contribution in [0.5, 0.6) is 5.88 Å². The predicted molar refractivity (Wildman–Crippen MR) is 71.4 cm³/mol. The van der Waals surface area contributed by atoms with Gasteiger partial charge in [0.05, 0.1) is 6.61 Å². The van der Waals surface area contributed by atoms with Gasteiger partial charge >= 0.3 is 0 Å². The highest BCUT2D eigenvalue weighted by Gasteiger charge is 2.23. The third-order valence-electron chi connectivity index (χ3n) is 2.49. The van der Waals surface area contributed by atoms with Gasteiger partial charge in [0, 0.05) is 31.3 Å². The standard InChI is InChI=1S/C11H16N2O.C3H8/c1-9-3-4-11(12-5-9)14-8-10-6-13(2)7-10;1-3-2/h3-5,10H,6-8H2,1-2H3;3H2,1-2H3. The fraction of sp³-hybridized carbons (Fsp3) is 0.643. The zero-order valence-electron chi connectivity index (χ0n) is 11.4. The Bertz CT molecular complexity index is 305. The van der Waals surface area contributed by atoms with E-state index in [1.807, 2.05) is 25.3 Å². The largest absolute Gasteiger partial charge is 0.477 e. The smallest absolute Gasteiger partial charge is 0.213 e. The minimum absolute atomic E-state index is 0.683. The van der Waals surface area contributed by atoms with Crippen molar-refractivity contribution in [3.8, 4) is 5.88 Å². The second-order valence-corrected chi connectivity index (χ2v) is 4.78. The molecule has 0 N–H and O–H groups in total. The second kappa shape index (κ2) is 7.28. The maximum atomic E-state index is 5.58. The van der Waals surface area contributed by atoms with Gasteiger partial charge in [-0.05, 0) is 19.5 Å². The van der Waals surface area contributed by atoms with E-state index in [0.29, 0.717) is 5.92 Å². The molecular weight excluding hydrogens is 212 g/mol. The van der Waals surface area contributed by atoms with E-state index in [9.17, 15) is 0 Å². The Balaban J connectivity index is 0.000000437. The molecule has 3 nitrogen and oxygen atoms in total. The van der Waals surface area contributed by atoms with Gasteiger partial charge in [-0.15, -0.1) is 0 Å². The Hall–Kier alpha value is -1.09. The van der Waals surface area contributed by atoms with Gasteiger partial charge in [-0.3, -0.25) is 0 Å². The van der Waals surface area contributed by atoms with Crippen molar-refractivity contribution < 1.29 is 4.74 Å². The lowest BCUT2D eigenvalue weighted by Gasteiger charge is -2.35. The number of ether oxygens (including phenoxy) is 1. The van der Waals surface area contributed by atoms with Gasteiger partial charge < -0.3 is 9.64 Å². The fourth-order valence-corrected chi connectivity index (χ4v) is 1.68. The quantitative estimate of drug-likeness (QED) is 0.807. The van der Waals surface area contributed by atoms with E-state index in [1.54, 1.807) is 0 Å². The molecule has 0 aliphatic carbocycles. The molecule has 0 spiro atoms. The number of aryl methyl sites for hydroxylation is 1. The Morgan fingerprint density at radius 2 is 2.00 bits per heavy atom. The average Bonchev–Trinajstić information content (AvgIpc) is 2.26. The van der Waals surface area contributed by atoms with Gasteiger partial charge in [0.15, 0.2) is 0 Å². The number of likely N-dealkylation sites (tertiary alicyclic amines) is 1. The monoisotopic (exact) mass is 236 g/mol. The van der Waals surface area contributed by atoms with E-state index in [-0.39, 0.29) is 0 Å². The van der Waals surface area contributed by atoms with Gasteiger partial charge in [0.1, 0.15) is 0 Å². The Morgan fingerprint density at radius 1 is 1.35 bits per heavy atom. The van der Waals surface area contributed by atoms with Crippen molar-refractivity contribution in [2.24, 2.45) is 5.92 Å². The van der Waals surface area contributed by atoms with Crippen LogP contribution < -0.4 is 4.74 Å². The van der Waals surface area contributed by atoms with Crippen LogP contribution in [0.25, 0.3) is 0 Å². The molecule has 2 rings (SSSR count). The summed E-state index contributed by atoms with van der Waals surface area (Å²) in [5.74, 6) is 1.42. The van der Waals surface area contributed by atoms with E-state index in [0.717, 1.165) is 25.6 Å². The third-order valence-corrected chi connectivity index (χ3v) is 2.49. The summed E-state index contributed by atoms with van der Waals surface area (Å²) >= 11 is 0. The first-order chi connectivity index (χ1) is 8.15. The molecule has 1 saturated heterocycles. The van der Waals surface area contributed by atoms with Crippen LogP contribution in [0.1, 0.15) is 25.8 Å². The first-order valence-electron chi connectivity index (χ1n) is 6.39. The molecule has 1 aromatic rings. The summed E-state index contributed by atoms with van der Waals surface area (Å²) < 4.78 is 5.58. The Morgan fingerprint density at radius 3 is 2.47 bits per heavy atom. The van der Waals surface area contributed by atoms with Crippen LogP contribution in [0.2, 0.25) is 0 Å². The van der Waals surface area contributed by atoms with E-state index in [1.165, 1.54) is 12.0 Å². The number of nitrogens with zero attached hydrogens (tertiary/aromatic N) is 2. The van der Waals surface area contributed by atoms with Crippen LogP contribution in [0.15, 0.2) is 18.3 Å². The third kappa shape index (κ3) is 5.18. The number of hydrogen-bond donors (Lipinski definition) is 0. The molecule has 1 aromatic heterocycles. The number of hydrogen-bond acceptors (Lipinski definition) is 3. The van der Waals surface area contributed by atoms with Crippen molar-refractivity contribution in [2.75, 3.05) is 26.7 Å². The minimum Gasteiger partial charge on any atom is -0.477 e. The second-order valence-electron chi connectivity index (χ2n) is 4.78. The molecule has 2 heterocycles. The lowest BCUT2D eigenvalue weighted by atomic mass is 10.0. The summed E-state index contributed by atoms with van der Waals surface area (Å²) in [6, 6.07) is 3.95. The molecular formula is C14H24N2O. The molecule has 1 fully saturated rings. The lowest BCUT2D eigenvalue weighted by molar-refractivity contribution is 0.0839. The summed E-state index contributed by atoms with van der Waals surface area (Å²) in [4.78, 5) is 6.48. The maximum Gasteiger partial charge on any atom is 0.213 e. The highest BCUT2D eigenvalue weighted by atomic mass is 16.5. The van der Waals surface area contributed by atoms with E-state index in [4.69, 9.17) is 4.74 Å². The van der Waals surface area contributed by atoms with Crippen LogP contribution in [-0.4, -0.2) is 36.6 Å². The predicted octanol–water partition coefficient (Wildman–Crippen LogP) is 2.75. The normalized spacial score (nSPS) is 15.8.